The van der Waals surface area contributed by atoms with Crippen molar-refractivity contribution in [2.45, 2.75) is 25.7 Å². The fourth-order valence-corrected chi connectivity index (χ4v) is 2.82. The van der Waals surface area contributed by atoms with Crippen LogP contribution in [0.1, 0.15) is 25.7 Å². The van der Waals surface area contributed by atoms with Crippen LogP contribution in [0.5, 0.6) is 5.75 Å². The SMILES string of the molecule is c1cc(OCCN2CCCCCC2)c2[nH]ccc2c1. The maximum absolute atomic E-state index is 5.95. The monoisotopic (exact) mass is 258 g/mol. The van der Waals surface area contributed by atoms with Gasteiger partial charge in [-0.1, -0.05) is 25.0 Å². The van der Waals surface area contributed by atoms with Crippen LogP contribution in [-0.2, 0) is 0 Å². The number of hydrogen-bond donors (Lipinski definition) is 1. The number of rotatable bonds is 4. The second-order valence-corrected chi connectivity index (χ2v) is 5.30. The molecule has 0 spiro atoms. The van der Waals surface area contributed by atoms with Crippen molar-refractivity contribution in [1.82, 2.24) is 9.88 Å². The Morgan fingerprint density at radius 3 is 2.74 bits per heavy atom. The number of hydrogen-bond acceptors (Lipinski definition) is 2. The minimum atomic E-state index is 0.776. The van der Waals surface area contributed by atoms with Gasteiger partial charge >= 0.3 is 0 Å². The molecule has 19 heavy (non-hydrogen) atoms. The highest BCUT2D eigenvalue weighted by Gasteiger charge is 2.09. The zero-order valence-corrected chi connectivity index (χ0v) is 11.4. The molecule has 1 N–H and O–H groups in total. The smallest absolute Gasteiger partial charge is 0.143 e. The zero-order valence-electron chi connectivity index (χ0n) is 11.4. The fraction of sp³-hybridized carbons (Fsp3) is 0.500. The summed E-state index contributed by atoms with van der Waals surface area (Å²) in [6.45, 7) is 4.28. The van der Waals surface area contributed by atoms with Crippen LogP contribution in [0.15, 0.2) is 30.5 Å². The molecule has 3 nitrogen and oxygen atoms in total. The summed E-state index contributed by atoms with van der Waals surface area (Å²) >= 11 is 0. The van der Waals surface area contributed by atoms with E-state index >= 15 is 0 Å². The predicted molar refractivity (Wildman–Crippen MR) is 78.7 cm³/mol. The second-order valence-electron chi connectivity index (χ2n) is 5.30. The van der Waals surface area contributed by atoms with Crippen molar-refractivity contribution in [2.75, 3.05) is 26.2 Å². The molecular formula is C16H22N2O. The maximum Gasteiger partial charge on any atom is 0.143 e. The van der Waals surface area contributed by atoms with E-state index < -0.39 is 0 Å². The number of nitrogens with zero attached hydrogens (tertiary/aromatic N) is 1. The Hall–Kier alpha value is -1.48. The maximum atomic E-state index is 5.95. The first kappa shape index (κ1) is 12.5. The number of ether oxygens (including phenoxy) is 1. The number of H-pyrrole nitrogens is 1. The topological polar surface area (TPSA) is 28.3 Å². The van der Waals surface area contributed by atoms with Gasteiger partial charge in [0, 0.05) is 18.1 Å². The molecule has 1 aliphatic heterocycles. The van der Waals surface area contributed by atoms with E-state index in [0.29, 0.717) is 0 Å². The number of para-hydroxylation sites is 1. The highest BCUT2D eigenvalue weighted by Crippen LogP contribution is 2.23. The number of nitrogens with one attached hydrogen (secondary N) is 1. The summed E-state index contributed by atoms with van der Waals surface area (Å²) in [7, 11) is 0. The molecule has 1 fully saturated rings. The van der Waals surface area contributed by atoms with Gasteiger partial charge < -0.3 is 9.72 Å². The molecule has 3 rings (SSSR count). The molecular weight excluding hydrogens is 236 g/mol. The lowest BCUT2D eigenvalue weighted by molar-refractivity contribution is 0.215. The molecule has 1 aliphatic rings. The molecule has 0 radical (unpaired) electrons. The van der Waals surface area contributed by atoms with Crippen molar-refractivity contribution < 1.29 is 4.74 Å². The highest BCUT2D eigenvalue weighted by molar-refractivity contribution is 5.85. The third-order valence-corrected chi connectivity index (χ3v) is 3.91. The van der Waals surface area contributed by atoms with Gasteiger partial charge in [0.15, 0.2) is 0 Å². The molecule has 1 aromatic carbocycles. The van der Waals surface area contributed by atoms with Crippen molar-refractivity contribution in [3.63, 3.8) is 0 Å². The summed E-state index contributed by atoms with van der Waals surface area (Å²) < 4.78 is 5.95. The Balaban J connectivity index is 1.55. The lowest BCUT2D eigenvalue weighted by Gasteiger charge is -2.19. The largest absolute Gasteiger partial charge is 0.490 e. The third-order valence-electron chi connectivity index (χ3n) is 3.91. The van der Waals surface area contributed by atoms with E-state index in [-0.39, 0.29) is 0 Å². The number of likely N-dealkylation sites (tertiary alicyclic amines) is 1. The highest BCUT2D eigenvalue weighted by atomic mass is 16.5. The lowest BCUT2D eigenvalue weighted by atomic mass is 10.2. The molecule has 0 unspecified atom stereocenters. The van der Waals surface area contributed by atoms with E-state index in [4.69, 9.17) is 4.74 Å². The van der Waals surface area contributed by atoms with Crippen molar-refractivity contribution >= 4 is 10.9 Å². The van der Waals surface area contributed by atoms with Crippen LogP contribution in [0.4, 0.5) is 0 Å². The van der Waals surface area contributed by atoms with Gasteiger partial charge in [0.05, 0.1) is 5.52 Å². The average molecular weight is 258 g/mol. The first-order chi connectivity index (χ1) is 9.43. The molecule has 0 saturated carbocycles. The van der Waals surface area contributed by atoms with Crippen LogP contribution in [0.2, 0.25) is 0 Å². The molecule has 1 saturated heterocycles. The fourth-order valence-electron chi connectivity index (χ4n) is 2.82. The molecule has 3 heteroatoms. The van der Waals surface area contributed by atoms with Crippen LogP contribution in [0.25, 0.3) is 10.9 Å². The van der Waals surface area contributed by atoms with Crippen molar-refractivity contribution in [3.8, 4) is 5.75 Å². The Labute approximate surface area is 114 Å². The summed E-state index contributed by atoms with van der Waals surface area (Å²) in [5, 5.41) is 1.22. The third kappa shape index (κ3) is 3.10. The normalized spacial score (nSPS) is 17.5. The van der Waals surface area contributed by atoms with E-state index in [2.05, 4.69) is 28.1 Å². The van der Waals surface area contributed by atoms with Gasteiger partial charge in [-0.15, -0.1) is 0 Å². The van der Waals surface area contributed by atoms with Gasteiger partial charge in [-0.25, -0.2) is 0 Å². The van der Waals surface area contributed by atoms with Gasteiger partial charge in [-0.05, 0) is 38.1 Å². The Morgan fingerprint density at radius 1 is 1.05 bits per heavy atom. The minimum absolute atomic E-state index is 0.776. The number of aromatic nitrogens is 1. The summed E-state index contributed by atoms with van der Waals surface area (Å²) in [5.41, 5.74) is 1.11. The van der Waals surface area contributed by atoms with Gasteiger partial charge in [0.1, 0.15) is 12.4 Å². The van der Waals surface area contributed by atoms with Crippen molar-refractivity contribution in [2.24, 2.45) is 0 Å². The molecule has 0 aliphatic carbocycles. The Bertz CT molecular complexity index is 512. The van der Waals surface area contributed by atoms with Gasteiger partial charge in [0.2, 0.25) is 0 Å². The first-order valence-corrected chi connectivity index (χ1v) is 7.35. The average Bonchev–Trinajstić information content (AvgIpc) is 2.77. The molecule has 0 amide bonds. The molecule has 0 bridgehead atoms. The predicted octanol–water partition coefficient (Wildman–Crippen LogP) is 3.42. The van der Waals surface area contributed by atoms with Crippen LogP contribution < -0.4 is 4.74 Å². The summed E-state index contributed by atoms with van der Waals surface area (Å²) in [6.07, 6.45) is 7.42. The van der Waals surface area contributed by atoms with Crippen LogP contribution in [0.3, 0.4) is 0 Å². The Morgan fingerprint density at radius 2 is 1.89 bits per heavy atom. The molecule has 2 heterocycles. The van der Waals surface area contributed by atoms with E-state index in [1.165, 1.54) is 44.2 Å². The van der Waals surface area contributed by atoms with Gasteiger partial charge in [-0.2, -0.15) is 0 Å². The standard InChI is InChI=1S/C16H22N2O/c1-2-4-11-18(10-3-1)12-13-19-15-7-5-6-14-8-9-17-16(14)15/h5-9,17H,1-4,10-13H2. The zero-order chi connectivity index (χ0) is 12.9. The number of benzene rings is 1. The van der Waals surface area contributed by atoms with Gasteiger partial charge in [0.25, 0.3) is 0 Å². The second kappa shape index (κ2) is 6.11. The molecule has 0 atom stereocenters. The summed E-state index contributed by atoms with van der Waals surface area (Å²) in [6, 6.07) is 8.28. The van der Waals surface area contributed by atoms with Crippen molar-refractivity contribution in [3.05, 3.63) is 30.5 Å². The number of aromatic amines is 1. The quantitative estimate of drug-likeness (QED) is 0.910. The Kier molecular flexibility index (Phi) is 4.04. The van der Waals surface area contributed by atoms with Gasteiger partial charge in [-0.3, -0.25) is 4.90 Å². The van der Waals surface area contributed by atoms with E-state index in [1.807, 2.05) is 12.3 Å². The van der Waals surface area contributed by atoms with E-state index in [9.17, 15) is 0 Å². The van der Waals surface area contributed by atoms with Crippen LogP contribution >= 0.6 is 0 Å². The molecule has 1 aromatic heterocycles. The van der Waals surface area contributed by atoms with E-state index in [1.54, 1.807) is 0 Å². The van der Waals surface area contributed by atoms with Crippen LogP contribution in [-0.4, -0.2) is 36.1 Å². The summed E-state index contributed by atoms with van der Waals surface area (Å²) in [4.78, 5) is 5.78. The van der Waals surface area contributed by atoms with E-state index in [0.717, 1.165) is 24.4 Å². The number of fused-ring (bicyclic) bond motifs is 1. The first-order valence-electron chi connectivity index (χ1n) is 7.35. The lowest BCUT2D eigenvalue weighted by Crippen LogP contribution is -2.29. The van der Waals surface area contributed by atoms with Crippen LogP contribution in [0, 0.1) is 0 Å². The minimum Gasteiger partial charge on any atom is -0.490 e. The molecule has 2 aromatic rings. The molecule has 102 valence electrons. The van der Waals surface area contributed by atoms with Crippen molar-refractivity contribution in [1.29, 1.82) is 0 Å². The summed E-state index contributed by atoms with van der Waals surface area (Å²) in [5.74, 6) is 0.970.